The standard InChI is InChI=1S/C24H26.C5H12O4/c1-23(2,19-12-7-5-8-13-19)21-16-11-17-22(18-21)24(3,4)20-14-9-6-10-15-20;6-1-5(2-7,3-8)4-9/h5-18H,1-4H3;6-9H,1-4H2. The molecule has 4 heteroatoms. The highest BCUT2D eigenvalue weighted by molar-refractivity contribution is 5.44. The summed E-state index contributed by atoms with van der Waals surface area (Å²) >= 11 is 0. The van der Waals surface area contributed by atoms with Crippen molar-refractivity contribution >= 4 is 0 Å². The number of aliphatic hydroxyl groups is 4. The van der Waals surface area contributed by atoms with Gasteiger partial charge in [0.2, 0.25) is 0 Å². The molecule has 0 radical (unpaired) electrons. The Morgan fingerprint density at radius 1 is 0.455 bits per heavy atom. The number of aliphatic hydroxyl groups excluding tert-OH is 4. The highest BCUT2D eigenvalue weighted by atomic mass is 16.3. The lowest BCUT2D eigenvalue weighted by Crippen LogP contribution is -2.37. The van der Waals surface area contributed by atoms with Crippen LogP contribution in [0.5, 0.6) is 0 Å². The van der Waals surface area contributed by atoms with Gasteiger partial charge in [0.15, 0.2) is 0 Å². The van der Waals surface area contributed by atoms with Crippen molar-refractivity contribution in [2.45, 2.75) is 38.5 Å². The molecule has 0 aliphatic rings. The highest BCUT2D eigenvalue weighted by Crippen LogP contribution is 2.36. The van der Waals surface area contributed by atoms with Crippen LogP contribution in [-0.4, -0.2) is 46.9 Å². The summed E-state index contributed by atoms with van der Waals surface area (Å²) in [5.41, 5.74) is 4.28. The third kappa shape index (κ3) is 6.30. The van der Waals surface area contributed by atoms with Gasteiger partial charge in [0, 0.05) is 10.8 Å². The van der Waals surface area contributed by atoms with Gasteiger partial charge in [-0.25, -0.2) is 0 Å². The van der Waals surface area contributed by atoms with Gasteiger partial charge in [0.25, 0.3) is 0 Å². The van der Waals surface area contributed by atoms with Crippen molar-refractivity contribution in [1.82, 2.24) is 0 Å². The monoisotopic (exact) mass is 450 g/mol. The fourth-order valence-corrected chi connectivity index (χ4v) is 3.64. The topological polar surface area (TPSA) is 80.9 Å². The van der Waals surface area contributed by atoms with Gasteiger partial charge >= 0.3 is 0 Å². The van der Waals surface area contributed by atoms with Crippen molar-refractivity contribution in [2.75, 3.05) is 26.4 Å². The summed E-state index contributed by atoms with van der Waals surface area (Å²) < 4.78 is 0. The summed E-state index contributed by atoms with van der Waals surface area (Å²) in [5, 5.41) is 34.0. The van der Waals surface area contributed by atoms with E-state index in [2.05, 4.69) is 113 Å². The average molecular weight is 451 g/mol. The Bertz CT molecular complexity index is 877. The summed E-state index contributed by atoms with van der Waals surface area (Å²) in [7, 11) is 0. The summed E-state index contributed by atoms with van der Waals surface area (Å²) in [6.45, 7) is 7.59. The van der Waals surface area contributed by atoms with Crippen molar-refractivity contribution < 1.29 is 20.4 Å². The molecule has 0 bridgehead atoms. The van der Waals surface area contributed by atoms with Crippen molar-refractivity contribution in [3.63, 3.8) is 0 Å². The first-order chi connectivity index (χ1) is 15.7. The summed E-state index contributed by atoms with van der Waals surface area (Å²) in [4.78, 5) is 0. The molecule has 4 nitrogen and oxygen atoms in total. The molecule has 0 saturated carbocycles. The van der Waals surface area contributed by atoms with E-state index in [4.69, 9.17) is 20.4 Å². The van der Waals surface area contributed by atoms with Gasteiger partial charge in [0.05, 0.1) is 31.8 Å². The van der Waals surface area contributed by atoms with Crippen LogP contribution < -0.4 is 0 Å². The molecule has 3 aromatic rings. The van der Waals surface area contributed by atoms with E-state index in [9.17, 15) is 0 Å². The largest absolute Gasteiger partial charge is 0.396 e. The molecule has 3 aromatic carbocycles. The first kappa shape index (κ1) is 26.7. The minimum absolute atomic E-state index is 0.00988. The second-order valence-corrected chi connectivity index (χ2v) is 9.70. The lowest BCUT2D eigenvalue weighted by atomic mass is 9.73. The molecular weight excluding hydrogens is 412 g/mol. The smallest absolute Gasteiger partial charge is 0.0627 e. The van der Waals surface area contributed by atoms with Gasteiger partial charge in [0.1, 0.15) is 0 Å². The summed E-state index contributed by atoms with van der Waals surface area (Å²) in [5.74, 6) is 0. The lowest BCUT2D eigenvalue weighted by molar-refractivity contribution is -0.0328. The fourth-order valence-electron chi connectivity index (χ4n) is 3.64. The van der Waals surface area contributed by atoms with Gasteiger partial charge in [-0.15, -0.1) is 0 Å². The zero-order chi connectivity index (χ0) is 24.5. The number of benzene rings is 3. The van der Waals surface area contributed by atoms with Crippen LogP contribution in [0.4, 0.5) is 0 Å². The van der Waals surface area contributed by atoms with E-state index in [-0.39, 0.29) is 10.8 Å². The average Bonchev–Trinajstić information content (AvgIpc) is 2.87. The molecule has 0 aliphatic carbocycles. The number of rotatable bonds is 8. The third-order valence-corrected chi connectivity index (χ3v) is 6.64. The Morgan fingerprint density at radius 3 is 1.03 bits per heavy atom. The number of hydrogen-bond donors (Lipinski definition) is 4. The predicted molar refractivity (Wildman–Crippen MR) is 134 cm³/mol. The third-order valence-electron chi connectivity index (χ3n) is 6.64. The van der Waals surface area contributed by atoms with E-state index in [0.717, 1.165) is 0 Å². The molecule has 4 N–H and O–H groups in total. The Morgan fingerprint density at radius 2 is 0.758 bits per heavy atom. The zero-order valence-electron chi connectivity index (χ0n) is 20.2. The first-order valence-corrected chi connectivity index (χ1v) is 11.3. The van der Waals surface area contributed by atoms with Crippen molar-refractivity contribution in [3.05, 3.63) is 107 Å². The normalized spacial score (nSPS) is 12.1. The molecule has 0 unspecified atom stereocenters. The SMILES string of the molecule is CC(C)(c1ccccc1)c1cccc(C(C)(C)c2ccccc2)c1.OCC(CO)(CO)CO. The second kappa shape index (κ2) is 11.6. The molecule has 178 valence electrons. The Balaban J connectivity index is 0.000000365. The Hall–Kier alpha value is -2.50. The molecule has 3 rings (SSSR count). The van der Waals surface area contributed by atoms with Crippen LogP contribution in [0, 0.1) is 5.41 Å². The Labute approximate surface area is 198 Å². The fraction of sp³-hybridized carbons (Fsp3) is 0.379. The van der Waals surface area contributed by atoms with Crippen molar-refractivity contribution in [2.24, 2.45) is 5.41 Å². The van der Waals surface area contributed by atoms with Gasteiger partial charge in [-0.05, 0) is 22.3 Å². The molecule has 0 fully saturated rings. The van der Waals surface area contributed by atoms with Crippen LogP contribution in [0.15, 0.2) is 84.9 Å². The molecule has 0 saturated heterocycles. The van der Waals surface area contributed by atoms with Crippen LogP contribution in [0.1, 0.15) is 49.9 Å². The van der Waals surface area contributed by atoms with E-state index >= 15 is 0 Å². The van der Waals surface area contributed by atoms with E-state index in [1.54, 1.807) is 0 Å². The highest BCUT2D eigenvalue weighted by Gasteiger charge is 2.28. The molecule has 0 aliphatic heterocycles. The maximum absolute atomic E-state index is 8.50. The summed E-state index contributed by atoms with van der Waals surface area (Å²) in [6, 6.07) is 30.6. The number of hydrogen-bond acceptors (Lipinski definition) is 4. The summed E-state index contributed by atoms with van der Waals surface area (Å²) in [6.07, 6.45) is 0. The van der Waals surface area contributed by atoms with Gasteiger partial charge in [-0.3, -0.25) is 0 Å². The molecule has 0 atom stereocenters. The van der Waals surface area contributed by atoms with E-state index in [0.29, 0.717) is 0 Å². The maximum Gasteiger partial charge on any atom is 0.0627 e. The Kier molecular flexibility index (Phi) is 9.38. The zero-order valence-corrected chi connectivity index (χ0v) is 20.2. The predicted octanol–water partition coefficient (Wildman–Crippen LogP) is 4.28. The van der Waals surface area contributed by atoms with Crippen LogP contribution in [0.25, 0.3) is 0 Å². The van der Waals surface area contributed by atoms with Crippen LogP contribution in [0.2, 0.25) is 0 Å². The van der Waals surface area contributed by atoms with Crippen LogP contribution in [-0.2, 0) is 10.8 Å². The molecular formula is C29H38O4. The minimum atomic E-state index is -1.11. The molecule has 0 aromatic heterocycles. The molecule has 33 heavy (non-hydrogen) atoms. The van der Waals surface area contributed by atoms with Gasteiger partial charge in [-0.2, -0.15) is 0 Å². The molecule has 0 heterocycles. The first-order valence-electron chi connectivity index (χ1n) is 11.3. The van der Waals surface area contributed by atoms with Crippen molar-refractivity contribution in [3.8, 4) is 0 Å². The second-order valence-electron chi connectivity index (χ2n) is 9.70. The van der Waals surface area contributed by atoms with Crippen molar-refractivity contribution in [1.29, 1.82) is 0 Å². The quantitative estimate of drug-likeness (QED) is 0.413. The van der Waals surface area contributed by atoms with Crippen LogP contribution in [0.3, 0.4) is 0 Å². The molecule has 0 spiro atoms. The van der Waals surface area contributed by atoms with E-state index in [1.807, 2.05) is 0 Å². The van der Waals surface area contributed by atoms with E-state index in [1.165, 1.54) is 22.3 Å². The van der Waals surface area contributed by atoms with Gasteiger partial charge < -0.3 is 20.4 Å². The van der Waals surface area contributed by atoms with Crippen LogP contribution >= 0.6 is 0 Å². The molecule has 0 amide bonds. The minimum Gasteiger partial charge on any atom is -0.396 e. The maximum atomic E-state index is 8.50. The van der Waals surface area contributed by atoms with E-state index < -0.39 is 31.8 Å². The lowest BCUT2D eigenvalue weighted by Gasteiger charge is -2.30. The van der Waals surface area contributed by atoms with Gasteiger partial charge in [-0.1, -0.05) is 113 Å².